The molecule has 19 heavy (non-hydrogen) atoms. The molecular formula is C14H18F3NO. The van der Waals surface area contributed by atoms with Gasteiger partial charge in [0, 0.05) is 18.2 Å². The summed E-state index contributed by atoms with van der Waals surface area (Å²) in [5.41, 5.74) is 0.949. The predicted octanol–water partition coefficient (Wildman–Crippen LogP) is 3.69. The fourth-order valence-electron chi connectivity index (χ4n) is 2.46. The van der Waals surface area contributed by atoms with E-state index in [0.717, 1.165) is 11.3 Å². The maximum Gasteiger partial charge on any atom is 0.393 e. The molecule has 1 N–H and O–H groups in total. The van der Waals surface area contributed by atoms with Gasteiger partial charge in [-0.1, -0.05) is 18.2 Å². The molecule has 1 aromatic carbocycles. The molecule has 0 amide bonds. The van der Waals surface area contributed by atoms with E-state index < -0.39 is 12.1 Å². The number of benzene rings is 1. The van der Waals surface area contributed by atoms with Crippen LogP contribution in [0.5, 0.6) is 5.75 Å². The summed E-state index contributed by atoms with van der Waals surface area (Å²) >= 11 is 0. The second kappa shape index (κ2) is 5.82. The number of rotatable bonds is 3. The first-order valence-electron chi connectivity index (χ1n) is 6.54. The first kappa shape index (κ1) is 14.2. The Morgan fingerprint density at radius 3 is 2.58 bits per heavy atom. The van der Waals surface area contributed by atoms with Gasteiger partial charge in [0.1, 0.15) is 5.75 Å². The summed E-state index contributed by atoms with van der Waals surface area (Å²) in [7, 11) is 0. The van der Waals surface area contributed by atoms with E-state index in [1.807, 2.05) is 31.2 Å². The van der Waals surface area contributed by atoms with Crippen molar-refractivity contribution in [1.29, 1.82) is 0 Å². The summed E-state index contributed by atoms with van der Waals surface area (Å²) in [5, 5.41) is 2.99. The van der Waals surface area contributed by atoms with Crippen LogP contribution < -0.4 is 10.1 Å². The molecule has 1 aromatic rings. The zero-order valence-corrected chi connectivity index (χ0v) is 10.8. The van der Waals surface area contributed by atoms with Gasteiger partial charge in [-0.2, -0.15) is 13.2 Å². The third-order valence-electron chi connectivity index (χ3n) is 3.47. The van der Waals surface area contributed by atoms with Crippen LogP contribution in [0.1, 0.15) is 31.4 Å². The van der Waals surface area contributed by atoms with Crippen molar-refractivity contribution >= 4 is 0 Å². The molecule has 0 spiro atoms. The van der Waals surface area contributed by atoms with Crippen LogP contribution in [0, 0.1) is 5.92 Å². The average Bonchev–Trinajstić information content (AvgIpc) is 2.39. The van der Waals surface area contributed by atoms with Gasteiger partial charge in [0.05, 0.1) is 12.5 Å². The molecule has 0 radical (unpaired) electrons. The van der Waals surface area contributed by atoms with Gasteiger partial charge in [-0.25, -0.2) is 0 Å². The monoisotopic (exact) mass is 273 g/mol. The molecule has 2 nitrogen and oxygen atoms in total. The summed E-state index contributed by atoms with van der Waals surface area (Å²) in [4.78, 5) is 0. The van der Waals surface area contributed by atoms with Crippen molar-refractivity contribution in [2.45, 2.75) is 32.0 Å². The van der Waals surface area contributed by atoms with Gasteiger partial charge < -0.3 is 10.1 Å². The molecule has 0 aromatic heterocycles. The van der Waals surface area contributed by atoms with Gasteiger partial charge in [0.2, 0.25) is 0 Å². The van der Waals surface area contributed by atoms with Crippen molar-refractivity contribution in [3.8, 4) is 5.75 Å². The molecule has 1 aliphatic rings. The zero-order chi connectivity index (χ0) is 13.9. The predicted molar refractivity (Wildman–Crippen MR) is 67.1 cm³/mol. The molecule has 1 saturated heterocycles. The summed E-state index contributed by atoms with van der Waals surface area (Å²) in [6.45, 7) is 2.42. The van der Waals surface area contributed by atoms with E-state index in [-0.39, 0.29) is 19.0 Å². The molecule has 2 rings (SSSR count). The summed E-state index contributed by atoms with van der Waals surface area (Å²) in [6, 6.07) is 7.47. The van der Waals surface area contributed by atoms with E-state index in [4.69, 9.17) is 4.74 Å². The quantitative estimate of drug-likeness (QED) is 0.907. The normalized spacial score (nSPS) is 24.2. The van der Waals surface area contributed by atoms with Crippen LogP contribution in [0.15, 0.2) is 24.3 Å². The maximum absolute atomic E-state index is 12.6. The van der Waals surface area contributed by atoms with Crippen molar-refractivity contribution in [1.82, 2.24) is 5.32 Å². The zero-order valence-electron chi connectivity index (χ0n) is 10.8. The third kappa shape index (κ3) is 3.41. The smallest absolute Gasteiger partial charge is 0.393 e. The van der Waals surface area contributed by atoms with Gasteiger partial charge >= 0.3 is 6.18 Å². The molecule has 0 saturated carbocycles. The maximum atomic E-state index is 12.6. The molecule has 1 heterocycles. The van der Waals surface area contributed by atoms with E-state index in [1.54, 1.807) is 0 Å². The van der Waals surface area contributed by atoms with Crippen LogP contribution in [-0.4, -0.2) is 19.3 Å². The fraction of sp³-hybridized carbons (Fsp3) is 0.571. The van der Waals surface area contributed by atoms with Crippen molar-refractivity contribution in [3.63, 3.8) is 0 Å². The minimum Gasteiger partial charge on any atom is -0.494 e. The highest BCUT2D eigenvalue weighted by Gasteiger charge is 2.41. The molecule has 1 fully saturated rings. The van der Waals surface area contributed by atoms with Gasteiger partial charge in [-0.3, -0.25) is 0 Å². The topological polar surface area (TPSA) is 21.3 Å². The molecule has 2 atom stereocenters. The lowest BCUT2D eigenvalue weighted by Gasteiger charge is -2.32. The molecule has 5 heteroatoms. The van der Waals surface area contributed by atoms with E-state index in [0.29, 0.717) is 13.0 Å². The van der Waals surface area contributed by atoms with E-state index >= 15 is 0 Å². The van der Waals surface area contributed by atoms with Gasteiger partial charge in [0.15, 0.2) is 0 Å². The largest absolute Gasteiger partial charge is 0.494 e. The summed E-state index contributed by atoms with van der Waals surface area (Å²) < 4.78 is 43.3. The number of hydrogen-bond donors (Lipinski definition) is 1. The number of piperidine rings is 1. The van der Waals surface area contributed by atoms with Crippen LogP contribution in [-0.2, 0) is 0 Å². The lowest BCUT2D eigenvalue weighted by Crippen LogP contribution is -2.40. The van der Waals surface area contributed by atoms with E-state index in [2.05, 4.69) is 5.32 Å². The average molecular weight is 273 g/mol. The molecule has 0 bridgehead atoms. The second-order valence-corrected chi connectivity index (χ2v) is 4.75. The first-order valence-corrected chi connectivity index (χ1v) is 6.54. The Kier molecular flexibility index (Phi) is 4.34. The number of ether oxygens (including phenoxy) is 1. The number of alkyl halides is 3. The highest BCUT2D eigenvalue weighted by Crippen LogP contribution is 2.37. The highest BCUT2D eigenvalue weighted by molar-refractivity contribution is 5.36. The van der Waals surface area contributed by atoms with Crippen molar-refractivity contribution in [2.24, 2.45) is 5.92 Å². The molecule has 1 aliphatic heterocycles. The Hall–Kier alpha value is -1.23. The van der Waals surface area contributed by atoms with Crippen molar-refractivity contribution in [2.75, 3.05) is 13.2 Å². The Morgan fingerprint density at radius 1 is 1.26 bits per heavy atom. The van der Waals surface area contributed by atoms with Gasteiger partial charge in [-0.05, 0) is 25.8 Å². The van der Waals surface area contributed by atoms with Crippen LogP contribution >= 0.6 is 0 Å². The van der Waals surface area contributed by atoms with E-state index in [9.17, 15) is 13.2 Å². The molecule has 106 valence electrons. The van der Waals surface area contributed by atoms with E-state index in [1.165, 1.54) is 0 Å². The number of para-hydroxylation sites is 1. The van der Waals surface area contributed by atoms with Crippen LogP contribution in [0.2, 0.25) is 0 Å². The lowest BCUT2D eigenvalue weighted by molar-refractivity contribution is -0.179. The highest BCUT2D eigenvalue weighted by atomic mass is 19.4. The number of hydrogen-bond acceptors (Lipinski definition) is 2. The minimum absolute atomic E-state index is 0.0192. The van der Waals surface area contributed by atoms with Crippen LogP contribution in [0.3, 0.4) is 0 Å². The number of nitrogens with one attached hydrogen (secondary N) is 1. The Bertz CT molecular complexity index is 411. The van der Waals surface area contributed by atoms with Crippen LogP contribution in [0.25, 0.3) is 0 Å². The Labute approximate surface area is 111 Å². The fourth-order valence-corrected chi connectivity index (χ4v) is 2.46. The minimum atomic E-state index is -4.10. The first-order chi connectivity index (χ1) is 9.02. The molecule has 2 unspecified atom stereocenters. The van der Waals surface area contributed by atoms with Crippen molar-refractivity contribution < 1.29 is 17.9 Å². The van der Waals surface area contributed by atoms with Gasteiger partial charge in [0.25, 0.3) is 0 Å². The standard InChI is InChI=1S/C14H18F3NO/c1-2-19-13-6-4-3-5-11(13)12-8-7-10(9-18-12)14(15,16)17/h3-6,10,12,18H,2,7-9H2,1H3. The third-order valence-corrected chi connectivity index (χ3v) is 3.47. The lowest BCUT2D eigenvalue weighted by atomic mass is 9.90. The summed E-state index contributed by atoms with van der Waals surface area (Å²) in [6.07, 6.45) is -3.45. The van der Waals surface area contributed by atoms with Crippen molar-refractivity contribution in [3.05, 3.63) is 29.8 Å². The van der Waals surface area contributed by atoms with Gasteiger partial charge in [-0.15, -0.1) is 0 Å². The SMILES string of the molecule is CCOc1ccccc1C1CCC(C(F)(F)F)CN1. The second-order valence-electron chi connectivity index (χ2n) is 4.75. The number of halogens is 3. The molecule has 0 aliphatic carbocycles. The Morgan fingerprint density at radius 2 is 2.00 bits per heavy atom. The summed E-state index contributed by atoms with van der Waals surface area (Å²) in [5.74, 6) is -0.476. The Balaban J connectivity index is 2.05. The molecular weight excluding hydrogens is 255 g/mol. The van der Waals surface area contributed by atoms with Crippen LogP contribution in [0.4, 0.5) is 13.2 Å².